The summed E-state index contributed by atoms with van der Waals surface area (Å²) in [7, 11) is -2.81. The second kappa shape index (κ2) is 12.2. The minimum Gasteiger partial charge on any atom is -0.0796 e. The lowest BCUT2D eigenvalue weighted by atomic mass is 9.80. The molecule has 0 spiro atoms. The van der Waals surface area contributed by atoms with Crippen LogP contribution in [-0.4, -0.2) is 8.07 Å². The Morgan fingerprint density at radius 2 is 0.824 bits per heavy atom. The zero-order chi connectivity index (χ0) is 33.8. The van der Waals surface area contributed by atoms with Gasteiger partial charge in [-0.2, -0.15) is 0 Å². The first-order valence-electron chi connectivity index (χ1n) is 18.3. The molecule has 0 bridgehead atoms. The molecule has 1 heteroatoms. The molecule has 51 heavy (non-hydrogen) atoms. The van der Waals surface area contributed by atoms with E-state index in [0.717, 1.165) is 0 Å². The van der Waals surface area contributed by atoms with Gasteiger partial charge in [-0.25, -0.2) is 0 Å². The number of benzene rings is 7. The molecule has 0 amide bonds. The van der Waals surface area contributed by atoms with Crippen LogP contribution in [0.5, 0.6) is 0 Å². The fraction of sp³-hybridized carbons (Fsp3) is 0.0800. The normalized spacial score (nSPS) is 18.5. The van der Waals surface area contributed by atoms with Gasteiger partial charge in [0.25, 0.3) is 0 Å². The Hall–Kier alpha value is -5.76. The van der Waals surface area contributed by atoms with Gasteiger partial charge in [0.2, 0.25) is 0 Å². The monoisotopic (exact) mass is 666 g/mol. The second-order valence-corrected chi connectivity index (χ2v) is 18.1. The molecule has 0 radical (unpaired) electrons. The van der Waals surface area contributed by atoms with Gasteiger partial charge in [-0.1, -0.05) is 206 Å². The second-order valence-electron chi connectivity index (χ2n) is 14.3. The van der Waals surface area contributed by atoms with Gasteiger partial charge in [-0.15, -0.1) is 0 Å². The molecular weight excluding hydrogens is 629 g/mol. The topological polar surface area (TPSA) is 0 Å². The fourth-order valence-corrected chi connectivity index (χ4v) is 14.6. The lowest BCUT2D eigenvalue weighted by Gasteiger charge is -2.36. The predicted molar refractivity (Wildman–Crippen MR) is 216 cm³/mol. The average molecular weight is 667 g/mol. The lowest BCUT2D eigenvalue weighted by molar-refractivity contribution is 0.567. The SMILES string of the molecule is C1=CC2c3ccccc3C(c3cccc([Si](c4ccccc4)(c4ccccc4)c4cccc(C5c6ccccc6-c6ccccc65)c4)c3)C2C=C1. The summed E-state index contributed by atoms with van der Waals surface area (Å²) in [5.41, 5.74) is 11.2. The van der Waals surface area contributed by atoms with E-state index in [-0.39, 0.29) is 5.92 Å². The maximum absolute atomic E-state index is 2.81. The van der Waals surface area contributed by atoms with Gasteiger partial charge < -0.3 is 0 Å². The zero-order valence-electron chi connectivity index (χ0n) is 28.4. The van der Waals surface area contributed by atoms with Gasteiger partial charge in [0.05, 0.1) is 0 Å². The largest absolute Gasteiger partial charge is 0.179 e. The average Bonchev–Trinajstić information content (AvgIpc) is 3.73. The summed E-state index contributed by atoms with van der Waals surface area (Å²) in [6.45, 7) is 0. The summed E-state index contributed by atoms with van der Waals surface area (Å²) in [6.07, 6.45) is 9.34. The van der Waals surface area contributed by atoms with E-state index in [0.29, 0.717) is 17.8 Å². The summed E-state index contributed by atoms with van der Waals surface area (Å²) in [5.74, 6) is 1.33. The van der Waals surface area contributed by atoms with Crippen LogP contribution in [0.1, 0.15) is 51.1 Å². The smallest absolute Gasteiger partial charge is 0.0796 e. The van der Waals surface area contributed by atoms with Gasteiger partial charge in [0.1, 0.15) is 0 Å². The van der Waals surface area contributed by atoms with Gasteiger partial charge >= 0.3 is 0 Å². The Kier molecular flexibility index (Phi) is 7.22. The molecule has 0 saturated carbocycles. The van der Waals surface area contributed by atoms with Crippen LogP contribution < -0.4 is 20.7 Å². The zero-order valence-corrected chi connectivity index (χ0v) is 29.4. The molecule has 0 heterocycles. The quantitative estimate of drug-likeness (QED) is 0.123. The molecule has 0 saturated heterocycles. The summed E-state index contributed by atoms with van der Waals surface area (Å²) in [5, 5.41) is 5.66. The van der Waals surface area contributed by atoms with Gasteiger partial charge in [0.15, 0.2) is 8.07 Å². The molecule has 242 valence electrons. The van der Waals surface area contributed by atoms with E-state index >= 15 is 0 Å². The van der Waals surface area contributed by atoms with Crippen LogP contribution in [0.25, 0.3) is 11.1 Å². The van der Waals surface area contributed by atoms with Gasteiger partial charge in [0, 0.05) is 17.8 Å². The van der Waals surface area contributed by atoms with Crippen molar-refractivity contribution in [2.45, 2.75) is 17.8 Å². The fourth-order valence-electron chi connectivity index (χ4n) is 9.77. The van der Waals surface area contributed by atoms with Crippen molar-refractivity contribution in [2.75, 3.05) is 0 Å². The van der Waals surface area contributed by atoms with Crippen LogP contribution in [0.4, 0.5) is 0 Å². The molecule has 10 rings (SSSR count). The summed E-state index contributed by atoms with van der Waals surface area (Å²) >= 11 is 0. The number of hydrogen-bond acceptors (Lipinski definition) is 0. The molecule has 3 aliphatic carbocycles. The Labute approximate surface area is 302 Å². The van der Waals surface area contributed by atoms with Crippen molar-refractivity contribution in [2.24, 2.45) is 5.92 Å². The molecule has 0 aromatic heterocycles. The summed E-state index contributed by atoms with van der Waals surface area (Å²) < 4.78 is 0. The van der Waals surface area contributed by atoms with Crippen molar-refractivity contribution >= 4 is 28.8 Å². The van der Waals surface area contributed by atoms with Crippen molar-refractivity contribution in [1.29, 1.82) is 0 Å². The minimum atomic E-state index is -2.81. The van der Waals surface area contributed by atoms with Crippen molar-refractivity contribution in [3.63, 3.8) is 0 Å². The highest BCUT2D eigenvalue weighted by atomic mass is 28.3. The third-order valence-corrected chi connectivity index (χ3v) is 16.6. The third-order valence-electron chi connectivity index (χ3n) is 11.8. The van der Waals surface area contributed by atoms with Crippen molar-refractivity contribution in [3.8, 4) is 11.1 Å². The van der Waals surface area contributed by atoms with E-state index in [4.69, 9.17) is 0 Å². The maximum Gasteiger partial charge on any atom is 0.179 e. The van der Waals surface area contributed by atoms with Crippen molar-refractivity contribution in [1.82, 2.24) is 0 Å². The first-order valence-corrected chi connectivity index (χ1v) is 20.3. The Bertz CT molecular complexity index is 2370. The molecular formula is C50H38Si. The number of fused-ring (bicyclic) bond motifs is 6. The van der Waals surface area contributed by atoms with Crippen LogP contribution >= 0.6 is 0 Å². The maximum atomic E-state index is 2.59. The molecule has 0 N–H and O–H groups in total. The van der Waals surface area contributed by atoms with E-state index in [1.165, 1.54) is 65.3 Å². The third kappa shape index (κ3) is 4.65. The number of rotatable bonds is 6. The first kappa shape index (κ1) is 30.1. The number of hydrogen-bond donors (Lipinski definition) is 0. The van der Waals surface area contributed by atoms with Crippen LogP contribution in [0.15, 0.2) is 206 Å². The highest BCUT2D eigenvalue weighted by Gasteiger charge is 2.44. The molecule has 7 aromatic rings. The highest BCUT2D eigenvalue weighted by Crippen LogP contribution is 2.52. The lowest BCUT2D eigenvalue weighted by Crippen LogP contribution is -2.74. The van der Waals surface area contributed by atoms with E-state index in [1.54, 1.807) is 0 Å². The Morgan fingerprint density at radius 1 is 0.353 bits per heavy atom. The Morgan fingerprint density at radius 3 is 1.45 bits per heavy atom. The predicted octanol–water partition coefficient (Wildman–Crippen LogP) is 9.20. The molecule has 3 atom stereocenters. The van der Waals surface area contributed by atoms with Crippen LogP contribution in [0, 0.1) is 5.92 Å². The Balaban J connectivity index is 1.21. The highest BCUT2D eigenvalue weighted by molar-refractivity contribution is 7.19. The molecule has 7 aromatic carbocycles. The first-order chi connectivity index (χ1) is 25.3. The molecule has 3 aliphatic rings. The minimum absolute atomic E-state index is 0.194. The molecule has 0 aliphatic heterocycles. The molecule has 0 nitrogen and oxygen atoms in total. The van der Waals surface area contributed by atoms with Crippen LogP contribution in [0.3, 0.4) is 0 Å². The standard InChI is InChI=1S/C50H38Si/c1-3-19-37(20-4-1)51(38-21-5-2-6-22-38,39-23-15-17-35(33-39)49-45-29-11-7-25-41(45)42-26-8-12-30-46(42)49)40-24-16-18-36(34-40)50-47-31-13-9-27-43(47)44-28-10-14-32-48(44)50/h1-34,41,45,49-50H. The van der Waals surface area contributed by atoms with Crippen LogP contribution in [-0.2, 0) is 0 Å². The van der Waals surface area contributed by atoms with Gasteiger partial charge in [-0.3, -0.25) is 0 Å². The van der Waals surface area contributed by atoms with Gasteiger partial charge in [-0.05, 0) is 71.2 Å². The van der Waals surface area contributed by atoms with Crippen LogP contribution in [0.2, 0.25) is 0 Å². The van der Waals surface area contributed by atoms with E-state index in [1.807, 2.05) is 0 Å². The van der Waals surface area contributed by atoms with E-state index in [2.05, 4.69) is 206 Å². The van der Waals surface area contributed by atoms with E-state index < -0.39 is 8.07 Å². The molecule has 0 fully saturated rings. The van der Waals surface area contributed by atoms with Crippen molar-refractivity contribution < 1.29 is 0 Å². The number of allylic oxidation sites excluding steroid dienone is 4. The molecule has 3 unspecified atom stereocenters. The van der Waals surface area contributed by atoms with E-state index in [9.17, 15) is 0 Å². The summed E-state index contributed by atoms with van der Waals surface area (Å²) in [4.78, 5) is 0. The summed E-state index contributed by atoms with van der Waals surface area (Å²) in [6, 6.07) is 69.3. The van der Waals surface area contributed by atoms with Crippen molar-refractivity contribution in [3.05, 3.63) is 240 Å².